The van der Waals surface area contributed by atoms with Gasteiger partial charge in [0.1, 0.15) is 36.6 Å². The van der Waals surface area contributed by atoms with Crippen molar-refractivity contribution in [1.29, 1.82) is 0 Å². The highest BCUT2D eigenvalue weighted by Gasteiger charge is 2.39. The molecule has 3 heterocycles. The van der Waals surface area contributed by atoms with Crippen molar-refractivity contribution in [2.45, 2.75) is 125 Å². The van der Waals surface area contributed by atoms with Crippen molar-refractivity contribution in [3.63, 3.8) is 0 Å². The molecule has 380 valence electrons. The van der Waals surface area contributed by atoms with Gasteiger partial charge >= 0.3 is 0 Å². The van der Waals surface area contributed by atoms with E-state index in [2.05, 4.69) is 21.3 Å². The Labute approximate surface area is 378 Å². The minimum absolute atomic E-state index is 0.00918. The lowest BCUT2D eigenvalue weighted by Gasteiger charge is -2.36. The third kappa shape index (κ3) is 21.2. The van der Waals surface area contributed by atoms with Crippen LogP contribution in [0.25, 0.3) is 0 Å². The van der Waals surface area contributed by atoms with Gasteiger partial charge in [0.25, 0.3) is 0 Å². The number of likely N-dealkylation sites (N-methyl/N-ethyl adjacent to an activating group) is 1. The molecule has 25 heteroatoms. The summed E-state index contributed by atoms with van der Waals surface area (Å²) in [4.78, 5) is 39.1. The van der Waals surface area contributed by atoms with Crippen LogP contribution in [0.1, 0.15) is 44.9 Å². The summed E-state index contributed by atoms with van der Waals surface area (Å²) in [7, 11) is 1.61. The number of ether oxygens (including phenoxy) is 9. The zero-order valence-corrected chi connectivity index (χ0v) is 37.1. The van der Waals surface area contributed by atoms with Crippen LogP contribution >= 0.6 is 0 Å². The standard InChI is InChI=1S/C40H74N4O21/c1-41-25(40(56)44-8-11-59-14-17-62-35-20-28(50)38(54)31(23-47)65-35)4-2-24(39(55)43-7-10-58-13-16-61-34-19-27(49)37(53)30(22-46)64-34)3-5-32(51)42-6-9-57-12-15-60-33-18-26(48)36(52)29(21-45)63-33/h24-31,33-38,41,45-50,52-54H,2-23H2,1H3,(H,42,51)(H,43,55)(H,44,56). The number of carbonyl (C=O) groups excluding carboxylic acids is 3. The smallest absolute Gasteiger partial charge is 0.237 e. The number of nitrogens with one attached hydrogen (secondary N) is 4. The second-order valence-electron chi connectivity index (χ2n) is 15.8. The average Bonchev–Trinajstić information content (AvgIpc) is 3.29. The molecule has 14 unspecified atom stereocenters. The second kappa shape index (κ2) is 32.4. The SMILES string of the molecule is CNC(CCC(CCC(=O)NCCOCCOC1CC(O)C(O)C(CO)O1)C(=O)NCCOCCOC1CC(O)C(O)C(CO)O1)C(=O)NCCOCCOC1CC(O)C(O)C(CO)O1. The highest BCUT2D eigenvalue weighted by Crippen LogP contribution is 2.23. The summed E-state index contributed by atoms with van der Waals surface area (Å²) in [5, 5.41) is 98.6. The number of amides is 3. The summed E-state index contributed by atoms with van der Waals surface area (Å²) in [6.45, 7) is 0.243. The first-order valence-electron chi connectivity index (χ1n) is 22.3. The fraction of sp³-hybridized carbons (Fsp3) is 0.925. The molecule has 0 spiro atoms. The third-order valence-corrected chi connectivity index (χ3v) is 11.0. The van der Waals surface area contributed by atoms with E-state index in [0.717, 1.165) is 0 Å². The minimum atomic E-state index is -1.22. The van der Waals surface area contributed by atoms with Crippen LogP contribution in [0.2, 0.25) is 0 Å². The summed E-state index contributed by atoms with van der Waals surface area (Å²) in [6, 6.07) is -0.667. The van der Waals surface area contributed by atoms with Crippen LogP contribution in [0, 0.1) is 5.92 Å². The molecule has 0 bridgehead atoms. The molecule has 3 rings (SSSR count). The normalized spacial score (nSPS) is 30.4. The third-order valence-electron chi connectivity index (χ3n) is 11.0. The van der Waals surface area contributed by atoms with Crippen LogP contribution in [0.15, 0.2) is 0 Å². The van der Waals surface area contributed by atoms with E-state index in [4.69, 9.17) is 42.6 Å². The summed E-state index contributed by atoms with van der Waals surface area (Å²) < 4.78 is 49.4. The molecule has 65 heavy (non-hydrogen) atoms. The van der Waals surface area contributed by atoms with Gasteiger partial charge in [0.05, 0.1) is 104 Å². The molecule has 3 aliphatic rings. The molecule has 0 radical (unpaired) electrons. The fourth-order valence-electron chi connectivity index (χ4n) is 7.14. The van der Waals surface area contributed by atoms with E-state index in [1.54, 1.807) is 7.05 Å². The maximum Gasteiger partial charge on any atom is 0.237 e. The molecule has 0 saturated carbocycles. The Bertz CT molecular complexity index is 1310. The quantitative estimate of drug-likeness (QED) is 0.0272. The monoisotopic (exact) mass is 946 g/mol. The van der Waals surface area contributed by atoms with E-state index in [-0.39, 0.29) is 142 Å². The molecule has 25 nitrogen and oxygen atoms in total. The maximum atomic E-state index is 13.4. The highest BCUT2D eigenvalue weighted by atomic mass is 16.7. The zero-order valence-electron chi connectivity index (χ0n) is 37.1. The molecule has 13 N–H and O–H groups in total. The predicted molar refractivity (Wildman–Crippen MR) is 221 cm³/mol. The Kier molecular flexibility index (Phi) is 28.4. The van der Waals surface area contributed by atoms with E-state index < -0.39 is 106 Å². The molecule has 3 saturated heterocycles. The second-order valence-corrected chi connectivity index (χ2v) is 15.8. The van der Waals surface area contributed by atoms with E-state index in [0.29, 0.717) is 0 Å². The van der Waals surface area contributed by atoms with Gasteiger partial charge in [-0.2, -0.15) is 0 Å². The molecule has 0 aromatic carbocycles. The number of carbonyl (C=O) groups is 3. The van der Waals surface area contributed by atoms with Crippen LogP contribution < -0.4 is 21.3 Å². The van der Waals surface area contributed by atoms with Crippen LogP contribution in [0.5, 0.6) is 0 Å². The Morgan fingerprint density at radius 1 is 0.523 bits per heavy atom. The zero-order chi connectivity index (χ0) is 47.6. The van der Waals surface area contributed by atoms with Crippen molar-refractivity contribution in [1.82, 2.24) is 21.3 Å². The van der Waals surface area contributed by atoms with E-state index >= 15 is 0 Å². The van der Waals surface area contributed by atoms with Crippen molar-refractivity contribution in [2.75, 3.05) is 106 Å². The van der Waals surface area contributed by atoms with Crippen LogP contribution in [-0.4, -0.2) is 249 Å². The van der Waals surface area contributed by atoms with E-state index in [1.165, 1.54) is 0 Å². The van der Waals surface area contributed by atoms with Gasteiger partial charge in [-0.25, -0.2) is 0 Å². The van der Waals surface area contributed by atoms with Gasteiger partial charge in [-0.05, 0) is 26.3 Å². The molecule has 0 aromatic rings. The number of hydrogen-bond acceptors (Lipinski definition) is 22. The lowest BCUT2D eigenvalue weighted by molar-refractivity contribution is -0.258. The maximum absolute atomic E-state index is 13.4. The first-order chi connectivity index (χ1) is 31.3. The van der Waals surface area contributed by atoms with Crippen LogP contribution in [0.3, 0.4) is 0 Å². The van der Waals surface area contributed by atoms with Gasteiger partial charge in [-0.15, -0.1) is 0 Å². The van der Waals surface area contributed by atoms with Gasteiger partial charge in [0.15, 0.2) is 18.9 Å². The van der Waals surface area contributed by atoms with Gasteiger partial charge in [0, 0.05) is 51.2 Å². The summed E-state index contributed by atoms with van der Waals surface area (Å²) in [5.74, 6) is -1.62. The molecular weight excluding hydrogens is 872 g/mol. The summed E-state index contributed by atoms with van der Waals surface area (Å²) in [5.41, 5.74) is 0. The van der Waals surface area contributed by atoms with Crippen molar-refractivity contribution < 1.29 is 103 Å². The molecule has 14 atom stereocenters. The molecule has 0 aromatic heterocycles. The number of aliphatic hydroxyl groups excluding tert-OH is 9. The molecule has 3 amide bonds. The van der Waals surface area contributed by atoms with Crippen molar-refractivity contribution in [2.24, 2.45) is 5.92 Å². The number of hydrogen-bond donors (Lipinski definition) is 13. The number of aliphatic hydroxyl groups is 9. The first kappa shape index (κ1) is 57.0. The minimum Gasteiger partial charge on any atom is -0.394 e. The van der Waals surface area contributed by atoms with Gasteiger partial charge in [0.2, 0.25) is 17.7 Å². The van der Waals surface area contributed by atoms with Crippen LogP contribution in [0.4, 0.5) is 0 Å². The van der Waals surface area contributed by atoms with Crippen molar-refractivity contribution >= 4 is 17.7 Å². The fourth-order valence-corrected chi connectivity index (χ4v) is 7.14. The lowest BCUT2D eigenvalue weighted by atomic mass is 9.93. The largest absolute Gasteiger partial charge is 0.394 e. The Morgan fingerprint density at radius 2 is 0.908 bits per heavy atom. The average molecular weight is 947 g/mol. The topological polar surface area (TPSA) is 364 Å². The summed E-state index contributed by atoms with van der Waals surface area (Å²) in [6.07, 6.45) is -11.5. The first-order valence-corrected chi connectivity index (χ1v) is 22.3. The van der Waals surface area contributed by atoms with Gasteiger partial charge < -0.3 is 110 Å². The van der Waals surface area contributed by atoms with E-state index in [9.17, 15) is 60.3 Å². The van der Waals surface area contributed by atoms with Crippen LogP contribution in [-0.2, 0) is 57.0 Å². The number of rotatable bonds is 33. The molecule has 3 aliphatic heterocycles. The summed E-state index contributed by atoms with van der Waals surface area (Å²) >= 11 is 0. The van der Waals surface area contributed by atoms with Crippen molar-refractivity contribution in [3.8, 4) is 0 Å². The Hall–Kier alpha value is -2.35. The molecular formula is C40H74N4O21. The predicted octanol–water partition coefficient (Wildman–Crippen LogP) is -6.31. The molecule has 0 aliphatic carbocycles. The van der Waals surface area contributed by atoms with Gasteiger partial charge in [-0.1, -0.05) is 0 Å². The van der Waals surface area contributed by atoms with Gasteiger partial charge in [-0.3, -0.25) is 14.4 Å². The molecule has 3 fully saturated rings. The lowest BCUT2D eigenvalue weighted by Crippen LogP contribution is -2.50. The van der Waals surface area contributed by atoms with E-state index in [1.807, 2.05) is 0 Å². The Morgan fingerprint density at radius 3 is 1.29 bits per heavy atom. The Balaban J connectivity index is 1.37. The highest BCUT2D eigenvalue weighted by molar-refractivity contribution is 5.82. The van der Waals surface area contributed by atoms with Crippen molar-refractivity contribution in [3.05, 3.63) is 0 Å².